The number of rotatable bonds is 0. The van der Waals surface area contributed by atoms with Gasteiger partial charge in [-0.2, -0.15) is 0 Å². The van der Waals surface area contributed by atoms with Crippen molar-refractivity contribution < 1.29 is 55.6 Å². The molecule has 0 unspecified atom stereocenters. The van der Waals surface area contributed by atoms with Crippen LogP contribution in [-0.4, -0.2) is 140 Å². The summed E-state index contributed by atoms with van der Waals surface area (Å²) in [5, 5.41) is 0. The Hall–Kier alpha value is 5.02. The molecular formula is H10AsCa3NaO4. The molecule has 0 fully saturated rings. The minimum Gasteiger partial charge on any atom is -1.00 e. The van der Waals surface area contributed by atoms with Crippen molar-refractivity contribution in [3.8, 4) is 0 Å². The molecule has 9 heavy (non-hydrogen) atoms. The first-order valence-electron chi connectivity index (χ1n) is 0.783. The maximum absolute atomic E-state index is 8.94. The quantitative estimate of drug-likeness (QED) is 0.389. The minimum absolute atomic E-state index is 0. The van der Waals surface area contributed by atoms with Crippen LogP contribution in [0.3, 0.4) is 0 Å². The summed E-state index contributed by atoms with van der Waals surface area (Å²) in [5.41, 5.74) is 0. The molecule has 0 spiro atoms. The first-order valence-corrected chi connectivity index (χ1v) is 4.07. The van der Waals surface area contributed by atoms with Crippen molar-refractivity contribution in [1.82, 2.24) is 0 Å². The summed E-state index contributed by atoms with van der Waals surface area (Å²) in [5.74, 6) is 0. The van der Waals surface area contributed by atoms with Crippen LogP contribution in [0, 0.1) is 0 Å². The van der Waals surface area contributed by atoms with Gasteiger partial charge in [0.2, 0.25) is 0 Å². The molecule has 0 amide bonds. The first kappa shape index (κ1) is 29.2. The standard InChI is InChI=1S/AsH3O4.3Ca.Na.7H/c2-1(3,4)5;;;;;;;;;;;/h(H3,2,3,4,5);;;;;;;;;;;/q;3*+2;+1;7*-1. The van der Waals surface area contributed by atoms with Crippen LogP contribution in [0.15, 0.2) is 0 Å². The van der Waals surface area contributed by atoms with Gasteiger partial charge in [-0.05, 0) is 0 Å². The second-order valence-electron chi connectivity index (χ2n) is 0.513. The van der Waals surface area contributed by atoms with E-state index in [1.165, 1.54) is 0 Å². The van der Waals surface area contributed by atoms with Crippen molar-refractivity contribution in [2.75, 3.05) is 0 Å². The molecule has 9 heteroatoms. The van der Waals surface area contributed by atoms with Gasteiger partial charge in [0.25, 0.3) is 0 Å². The largest absolute Gasteiger partial charge is 2.00 e. The zero-order valence-electron chi connectivity index (χ0n) is 12.3. The van der Waals surface area contributed by atoms with E-state index in [0.29, 0.717) is 0 Å². The van der Waals surface area contributed by atoms with Crippen molar-refractivity contribution in [2.45, 2.75) is 0 Å². The fraction of sp³-hybridized carbons (Fsp3) is 0. The van der Waals surface area contributed by atoms with Crippen molar-refractivity contribution >= 4 is 128 Å². The number of hydrogen-bond acceptors (Lipinski definition) is 1. The smallest absolute Gasteiger partial charge is 1.00 e. The van der Waals surface area contributed by atoms with E-state index >= 15 is 0 Å². The van der Waals surface area contributed by atoms with Gasteiger partial charge in [-0.3, -0.25) is 0 Å². The van der Waals surface area contributed by atoms with E-state index in [0.717, 1.165) is 0 Å². The van der Waals surface area contributed by atoms with E-state index in [9.17, 15) is 0 Å². The van der Waals surface area contributed by atoms with E-state index in [-0.39, 0.29) is 153 Å². The fourth-order valence-corrected chi connectivity index (χ4v) is 0. The Morgan fingerprint density at radius 2 is 1.00 bits per heavy atom. The molecule has 0 aromatic heterocycles. The summed E-state index contributed by atoms with van der Waals surface area (Å²) in [6.45, 7) is 0. The molecule has 0 aliphatic rings. The average Bonchev–Trinajstić information content (AvgIpc) is 0.722. The zero-order chi connectivity index (χ0) is 4.50. The van der Waals surface area contributed by atoms with Crippen molar-refractivity contribution in [3.63, 3.8) is 0 Å². The molecule has 0 saturated carbocycles. The monoisotopic (exact) mass is 292 g/mol. The van der Waals surface area contributed by atoms with Crippen LogP contribution in [0.4, 0.5) is 0 Å². The molecule has 0 rings (SSSR count). The van der Waals surface area contributed by atoms with Crippen LogP contribution in [0.1, 0.15) is 9.99 Å². The Labute approximate surface area is 179 Å². The third-order valence-electron chi connectivity index (χ3n) is 0. The fourth-order valence-electron chi connectivity index (χ4n) is 0. The van der Waals surface area contributed by atoms with Crippen LogP contribution < -0.4 is 29.6 Å². The Kier molecular flexibility index (Phi) is 50.3. The second kappa shape index (κ2) is 15.5. The van der Waals surface area contributed by atoms with Gasteiger partial charge in [0.15, 0.2) is 0 Å². The summed E-state index contributed by atoms with van der Waals surface area (Å²) < 4.78 is 30.7. The zero-order valence-corrected chi connectivity index (χ0v) is 15.8. The maximum atomic E-state index is 8.94. The number of hydrogen-bond donors (Lipinski definition) is 3. The second-order valence-corrected chi connectivity index (χ2v) is 2.67. The van der Waals surface area contributed by atoms with E-state index in [1.807, 2.05) is 0 Å². The normalized spacial score (nSPS) is 6.56. The molecule has 3 N–H and O–H groups in total. The van der Waals surface area contributed by atoms with Crippen LogP contribution in [0.2, 0.25) is 0 Å². The molecule has 0 aliphatic carbocycles. The summed E-state index contributed by atoms with van der Waals surface area (Å²) in [6.07, 6.45) is 0. The Morgan fingerprint density at radius 1 is 1.00 bits per heavy atom. The van der Waals surface area contributed by atoms with Gasteiger partial charge in [0.1, 0.15) is 0 Å². The summed E-state index contributed by atoms with van der Waals surface area (Å²) in [4.78, 5) is 0. The van der Waals surface area contributed by atoms with Crippen molar-refractivity contribution in [3.05, 3.63) is 0 Å². The predicted molar refractivity (Wildman–Crippen MR) is 38.1 cm³/mol. The van der Waals surface area contributed by atoms with Crippen LogP contribution in [0.25, 0.3) is 0 Å². The average molecular weight is 292 g/mol. The van der Waals surface area contributed by atoms with Gasteiger partial charge in [0.05, 0.1) is 0 Å². The molecule has 0 aromatic carbocycles. The molecule has 0 aromatic rings. The Morgan fingerprint density at radius 3 is 1.00 bits per heavy atom. The molecule has 0 bridgehead atoms. The van der Waals surface area contributed by atoms with Crippen LogP contribution in [-0.2, 0) is 3.74 Å². The Bertz CT molecular complexity index is 77.8. The first-order chi connectivity index (χ1) is 2.00. The molecule has 46 valence electrons. The third kappa shape index (κ3) is 62.8. The third-order valence-corrected chi connectivity index (χ3v) is 0. The van der Waals surface area contributed by atoms with Crippen molar-refractivity contribution in [1.29, 1.82) is 0 Å². The van der Waals surface area contributed by atoms with Crippen molar-refractivity contribution in [2.24, 2.45) is 0 Å². The van der Waals surface area contributed by atoms with E-state index < -0.39 is 14.5 Å². The minimum atomic E-state index is -5.12. The molecule has 0 atom stereocenters. The van der Waals surface area contributed by atoms with Gasteiger partial charge in [0, 0.05) is 0 Å². The van der Waals surface area contributed by atoms with E-state index in [2.05, 4.69) is 0 Å². The molecule has 0 heterocycles. The SMILES string of the molecule is O=[As](O)(O)O.[Ca+2].[Ca+2].[Ca+2].[H-].[H-].[H-].[H-].[H-].[H-].[H-].[Na+]. The maximum Gasteiger partial charge on any atom is 2.00 e. The predicted octanol–water partition coefficient (Wildman–Crippen LogP) is -5.52. The van der Waals surface area contributed by atoms with Gasteiger partial charge in [-0.25, -0.2) is 0 Å². The molecular weight excluding hydrogens is 282 g/mol. The molecule has 4 nitrogen and oxygen atoms in total. The summed E-state index contributed by atoms with van der Waals surface area (Å²) in [7, 11) is 0. The van der Waals surface area contributed by atoms with E-state index in [4.69, 9.17) is 16.0 Å². The topological polar surface area (TPSA) is 77.8 Å². The van der Waals surface area contributed by atoms with Gasteiger partial charge < -0.3 is 9.99 Å². The van der Waals surface area contributed by atoms with Gasteiger partial charge >= 0.3 is 173 Å². The van der Waals surface area contributed by atoms with Crippen LogP contribution >= 0.6 is 0 Å². The van der Waals surface area contributed by atoms with Crippen LogP contribution in [0.5, 0.6) is 0 Å². The molecule has 0 saturated heterocycles. The molecule has 0 aliphatic heterocycles. The Balaban J connectivity index is -0.00000000145. The van der Waals surface area contributed by atoms with Gasteiger partial charge in [-0.1, -0.05) is 0 Å². The van der Waals surface area contributed by atoms with E-state index in [1.54, 1.807) is 0 Å². The summed E-state index contributed by atoms with van der Waals surface area (Å²) >= 11 is -5.12. The van der Waals surface area contributed by atoms with Gasteiger partial charge in [-0.15, -0.1) is 0 Å². The summed E-state index contributed by atoms with van der Waals surface area (Å²) in [6, 6.07) is 0. The molecule has 0 radical (unpaired) electrons.